The van der Waals surface area contributed by atoms with Crippen molar-refractivity contribution in [3.63, 3.8) is 0 Å². The summed E-state index contributed by atoms with van der Waals surface area (Å²) >= 11 is 1.91. The van der Waals surface area contributed by atoms with Gasteiger partial charge in [0.05, 0.1) is 5.69 Å². The van der Waals surface area contributed by atoms with Crippen LogP contribution in [0.25, 0.3) is 22.2 Å². The molecule has 0 fully saturated rings. The minimum Gasteiger partial charge on any atom is -0.313 e. The maximum atomic E-state index is 4.26. The minimum atomic E-state index is 0.403. The van der Waals surface area contributed by atoms with Crippen LogP contribution in [-0.4, -0.2) is 0 Å². The van der Waals surface area contributed by atoms with Gasteiger partial charge in [0.15, 0.2) is 0 Å². The van der Waals surface area contributed by atoms with E-state index in [9.17, 15) is 0 Å². The molecule has 1 aromatic heterocycles. The van der Waals surface area contributed by atoms with Crippen molar-refractivity contribution in [1.82, 2.24) is 0 Å². The lowest BCUT2D eigenvalue weighted by atomic mass is 9.91. The molecule has 4 aliphatic rings. The van der Waals surface area contributed by atoms with Crippen LogP contribution in [-0.2, 0) is 6.42 Å². The van der Waals surface area contributed by atoms with Crippen LogP contribution in [0.5, 0.6) is 0 Å². The fourth-order valence-corrected chi connectivity index (χ4v) is 7.24. The van der Waals surface area contributed by atoms with E-state index >= 15 is 0 Å². The first-order chi connectivity index (χ1) is 18.7. The van der Waals surface area contributed by atoms with Crippen LogP contribution >= 0.6 is 11.3 Å². The molecule has 2 atom stereocenters. The van der Waals surface area contributed by atoms with Gasteiger partial charge >= 0.3 is 0 Å². The van der Waals surface area contributed by atoms with Gasteiger partial charge in [0, 0.05) is 32.4 Å². The molecule has 1 aliphatic heterocycles. The summed E-state index contributed by atoms with van der Waals surface area (Å²) in [6.07, 6.45) is 33.3. The zero-order valence-corrected chi connectivity index (χ0v) is 22.3. The molecule has 3 aliphatic carbocycles. The molecule has 0 radical (unpaired) electrons. The molecule has 38 heavy (non-hydrogen) atoms. The first-order valence-corrected chi connectivity index (χ1v) is 14.5. The number of rotatable bonds is 5. The Kier molecular flexibility index (Phi) is 5.98. The quantitative estimate of drug-likeness (QED) is 0.309. The first-order valence-electron chi connectivity index (χ1n) is 13.7. The number of nitrogens with zero attached hydrogens (tertiary/aromatic N) is 1. The maximum Gasteiger partial charge on any atom is 0.0512 e. The van der Waals surface area contributed by atoms with E-state index < -0.39 is 0 Å². The van der Waals surface area contributed by atoms with Gasteiger partial charge in [-0.1, -0.05) is 85.5 Å². The molecule has 2 aromatic carbocycles. The van der Waals surface area contributed by atoms with Gasteiger partial charge in [-0.05, 0) is 90.1 Å². The Morgan fingerprint density at radius 3 is 2.84 bits per heavy atom. The van der Waals surface area contributed by atoms with Gasteiger partial charge in [-0.15, -0.1) is 11.3 Å². The zero-order chi connectivity index (χ0) is 25.5. The van der Waals surface area contributed by atoms with Crippen molar-refractivity contribution < 1.29 is 0 Å². The fourth-order valence-electron chi connectivity index (χ4n) is 6.08. The molecular weight excluding hydrogens is 478 g/mol. The second-order valence-electron chi connectivity index (χ2n) is 10.5. The van der Waals surface area contributed by atoms with E-state index in [1.807, 2.05) is 11.3 Å². The van der Waals surface area contributed by atoms with Crippen molar-refractivity contribution in [3.05, 3.63) is 143 Å². The summed E-state index contributed by atoms with van der Waals surface area (Å²) in [6.45, 7) is 4.26. The number of anilines is 2. The molecule has 1 nitrogen and oxygen atoms in total. The molecule has 3 aromatic rings. The Hall–Kier alpha value is -3.88. The number of fused-ring (bicyclic) bond motifs is 6. The van der Waals surface area contributed by atoms with E-state index in [0.29, 0.717) is 11.8 Å². The highest BCUT2D eigenvalue weighted by molar-refractivity contribution is 7.20. The van der Waals surface area contributed by atoms with E-state index in [-0.39, 0.29) is 0 Å². The van der Waals surface area contributed by atoms with Crippen LogP contribution in [0.1, 0.15) is 46.7 Å². The van der Waals surface area contributed by atoms with E-state index in [1.54, 1.807) is 0 Å². The van der Waals surface area contributed by atoms with Crippen molar-refractivity contribution in [2.24, 2.45) is 5.92 Å². The number of allylic oxidation sites excluding steroid dienone is 13. The lowest BCUT2D eigenvalue weighted by molar-refractivity contribution is 0.822. The summed E-state index contributed by atoms with van der Waals surface area (Å²) in [5.74, 6) is 0.874. The molecule has 2 heterocycles. The molecule has 0 spiro atoms. The van der Waals surface area contributed by atoms with E-state index in [0.717, 1.165) is 31.3 Å². The number of thiophene rings is 1. The molecule has 2 heteroatoms. The van der Waals surface area contributed by atoms with Gasteiger partial charge in [0.1, 0.15) is 0 Å². The number of aryl methyl sites for hydroxylation is 1. The van der Waals surface area contributed by atoms with Crippen molar-refractivity contribution in [2.75, 3.05) is 4.90 Å². The monoisotopic (exact) mass is 509 g/mol. The molecule has 0 saturated carbocycles. The van der Waals surface area contributed by atoms with Crippen LogP contribution in [0.2, 0.25) is 0 Å². The Labute approximate surface area is 229 Å². The van der Waals surface area contributed by atoms with Crippen LogP contribution < -0.4 is 4.90 Å². The second kappa shape index (κ2) is 9.78. The SMILES string of the molecule is C=C(/C=C\c1cc2ccc3c(c2s1)C1CC=CC=C1N3c1ccc2c(c1)CCC=C2)/C=C\C1C=CC=CC1. The predicted molar refractivity (Wildman–Crippen MR) is 166 cm³/mol. The van der Waals surface area contributed by atoms with Crippen molar-refractivity contribution in [2.45, 2.75) is 31.6 Å². The summed E-state index contributed by atoms with van der Waals surface area (Å²) in [6, 6.07) is 14.0. The molecule has 0 saturated heterocycles. The maximum absolute atomic E-state index is 4.26. The van der Waals surface area contributed by atoms with Crippen LogP contribution in [0, 0.1) is 5.92 Å². The lowest BCUT2D eigenvalue weighted by Crippen LogP contribution is -2.15. The lowest BCUT2D eigenvalue weighted by Gasteiger charge is -2.26. The Morgan fingerprint density at radius 1 is 0.974 bits per heavy atom. The topological polar surface area (TPSA) is 3.24 Å². The summed E-state index contributed by atoms with van der Waals surface area (Å²) < 4.78 is 1.41. The fraction of sp³-hybridized carbons (Fsp3) is 0.167. The summed E-state index contributed by atoms with van der Waals surface area (Å²) in [7, 11) is 0. The van der Waals surface area contributed by atoms with Crippen molar-refractivity contribution >= 4 is 44.9 Å². The van der Waals surface area contributed by atoms with Crippen LogP contribution in [0.4, 0.5) is 11.4 Å². The summed E-state index contributed by atoms with van der Waals surface area (Å²) in [5, 5.41) is 1.33. The molecule has 0 amide bonds. The highest BCUT2D eigenvalue weighted by Gasteiger charge is 2.36. The van der Waals surface area contributed by atoms with Crippen molar-refractivity contribution in [3.8, 4) is 0 Å². The van der Waals surface area contributed by atoms with Gasteiger partial charge in [0.2, 0.25) is 0 Å². The third-order valence-electron chi connectivity index (χ3n) is 8.00. The molecular formula is C36H31NS. The average molecular weight is 510 g/mol. The van der Waals surface area contributed by atoms with Crippen LogP contribution in [0.15, 0.2) is 121 Å². The summed E-state index contributed by atoms with van der Waals surface area (Å²) in [5.41, 5.74) is 9.36. The van der Waals surface area contributed by atoms with Gasteiger partial charge in [-0.2, -0.15) is 0 Å². The highest BCUT2D eigenvalue weighted by Crippen LogP contribution is 2.54. The molecule has 2 unspecified atom stereocenters. The van der Waals surface area contributed by atoms with Crippen LogP contribution in [0.3, 0.4) is 0 Å². The summed E-state index contributed by atoms with van der Waals surface area (Å²) in [4.78, 5) is 3.79. The minimum absolute atomic E-state index is 0.403. The normalized spacial score (nSPS) is 21.4. The Morgan fingerprint density at radius 2 is 1.92 bits per heavy atom. The number of hydrogen-bond acceptors (Lipinski definition) is 2. The molecule has 186 valence electrons. The third-order valence-corrected chi connectivity index (χ3v) is 9.15. The molecule has 7 rings (SSSR count). The average Bonchev–Trinajstić information content (AvgIpc) is 3.54. The van der Waals surface area contributed by atoms with Crippen molar-refractivity contribution in [1.29, 1.82) is 0 Å². The predicted octanol–water partition coefficient (Wildman–Crippen LogP) is 10.2. The van der Waals surface area contributed by atoms with Gasteiger partial charge in [-0.3, -0.25) is 0 Å². The highest BCUT2D eigenvalue weighted by atomic mass is 32.1. The zero-order valence-electron chi connectivity index (χ0n) is 21.5. The van der Waals surface area contributed by atoms with E-state index in [1.165, 1.54) is 48.7 Å². The third kappa shape index (κ3) is 4.19. The first kappa shape index (κ1) is 23.3. The van der Waals surface area contributed by atoms with Gasteiger partial charge in [-0.25, -0.2) is 0 Å². The largest absolute Gasteiger partial charge is 0.313 e. The second-order valence-corrected chi connectivity index (χ2v) is 11.6. The van der Waals surface area contributed by atoms with E-state index in [4.69, 9.17) is 0 Å². The Bertz CT molecular complexity index is 1650. The number of benzene rings is 2. The van der Waals surface area contributed by atoms with Gasteiger partial charge < -0.3 is 4.90 Å². The Balaban J connectivity index is 1.22. The van der Waals surface area contributed by atoms with E-state index in [2.05, 4.69) is 127 Å². The van der Waals surface area contributed by atoms with Gasteiger partial charge in [0.25, 0.3) is 0 Å². The molecule has 0 N–H and O–H groups in total. The number of hydrogen-bond donors (Lipinski definition) is 0. The smallest absolute Gasteiger partial charge is 0.0512 e. The molecule has 0 bridgehead atoms. The standard InChI is InChI=1S/C36H31NS/c1-25(15-17-26-9-3-2-4-10-26)16-21-31-24-29-19-22-34-35(36(29)38-31)32-13-7-8-14-33(32)37(34)30-20-18-27-11-5-6-12-28(27)23-30/h2-5,7-9,11,14-24,26,32H,1,6,10,12-13H2/b17-15-,21-16-.